The third-order valence-corrected chi connectivity index (χ3v) is 5.99. The van der Waals surface area contributed by atoms with E-state index in [0.29, 0.717) is 12.8 Å². The lowest BCUT2D eigenvalue weighted by Crippen LogP contribution is -2.66. The van der Waals surface area contributed by atoms with Crippen molar-refractivity contribution in [3.05, 3.63) is 35.9 Å². The summed E-state index contributed by atoms with van der Waals surface area (Å²) in [6, 6.07) is 9.11. The van der Waals surface area contributed by atoms with E-state index in [1.807, 2.05) is 58.0 Å². The summed E-state index contributed by atoms with van der Waals surface area (Å²) >= 11 is 0. The van der Waals surface area contributed by atoms with Gasteiger partial charge in [0, 0.05) is 6.54 Å². The Kier molecular flexibility index (Phi) is 9.31. The Bertz CT molecular complexity index is 914. The minimum atomic E-state index is -1.09. The summed E-state index contributed by atoms with van der Waals surface area (Å²) in [5.41, 5.74) is -2.54. The van der Waals surface area contributed by atoms with Crippen LogP contribution in [0.15, 0.2) is 30.3 Å². The maximum atomic E-state index is 13.6. The van der Waals surface area contributed by atoms with Crippen molar-refractivity contribution in [3.8, 4) is 0 Å². The predicted octanol–water partition coefficient (Wildman–Crippen LogP) is 7.30. The molecule has 2 rings (SSSR count). The standard InChI is InChI=1S/C29H46N2O6/c1-26(2,3)35-23(32)30(20-21-16-12-11-13-17-21)22-18-14-15-19-29(22,10)31(24(33)36-27(4,5)6)25(34)37-28(7,8)9/h11-13,16-17,22H,14-15,18-20H2,1-10H3/t22-,29-/m1/s1. The molecule has 0 spiro atoms. The van der Waals surface area contributed by atoms with E-state index in [1.54, 1.807) is 46.4 Å². The highest BCUT2D eigenvalue weighted by Crippen LogP contribution is 2.40. The molecule has 0 aromatic heterocycles. The smallest absolute Gasteiger partial charge is 0.420 e. The number of imide groups is 1. The zero-order chi connectivity index (χ0) is 28.2. The number of carbonyl (C=O) groups excluding carboxylic acids is 3. The topological polar surface area (TPSA) is 85.4 Å². The summed E-state index contributed by atoms with van der Waals surface area (Å²) in [5, 5.41) is 0. The Labute approximate surface area is 222 Å². The molecule has 1 aliphatic rings. The summed E-state index contributed by atoms with van der Waals surface area (Å²) in [6.07, 6.45) is 0.616. The van der Waals surface area contributed by atoms with Crippen molar-refractivity contribution in [1.82, 2.24) is 9.80 Å². The van der Waals surface area contributed by atoms with Crippen molar-refractivity contribution in [2.75, 3.05) is 0 Å². The van der Waals surface area contributed by atoms with E-state index in [4.69, 9.17) is 14.2 Å². The average molecular weight is 519 g/mol. The van der Waals surface area contributed by atoms with E-state index >= 15 is 0 Å². The van der Waals surface area contributed by atoms with Crippen LogP contribution in [0.4, 0.5) is 14.4 Å². The minimum Gasteiger partial charge on any atom is -0.444 e. The first-order valence-corrected chi connectivity index (χ1v) is 13.1. The maximum absolute atomic E-state index is 13.6. The van der Waals surface area contributed by atoms with Crippen LogP contribution in [0.2, 0.25) is 0 Å². The monoisotopic (exact) mass is 518 g/mol. The highest BCUT2D eigenvalue weighted by Gasteiger charge is 2.53. The van der Waals surface area contributed by atoms with Crippen LogP contribution in [0.1, 0.15) is 100 Å². The fraction of sp³-hybridized carbons (Fsp3) is 0.690. The van der Waals surface area contributed by atoms with Crippen molar-refractivity contribution in [2.45, 2.75) is 130 Å². The van der Waals surface area contributed by atoms with E-state index < -0.39 is 46.7 Å². The van der Waals surface area contributed by atoms with Crippen molar-refractivity contribution in [2.24, 2.45) is 0 Å². The number of hydrogen-bond acceptors (Lipinski definition) is 6. The molecule has 1 aromatic carbocycles. The van der Waals surface area contributed by atoms with E-state index in [9.17, 15) is 14.4 Å². The first-order chi connectivity index (χ1) is 16.8. The van der Waals surface area contributed by atoms with Gasteiger partial charge in [-0.2, -0.15) is 0 Å². The Balaban J connectivity index is 2.61. The summed E-state index contributed by atoms with van der Waals surface area (Å²) in [5.74, 6) is 0. The number of hydrogen-bond donors (Lipinski definition) is 0. The Hall–Kier alpha value is -2.77. The van der Waals surface area contributed by atoms with Crippen LogP contribution < -0.4 is 0 Å². The lowest BCUT2D eigenvalue weighted by atomic mass is 9.76. The van der Waals surface area contributed by atoms with Gasteiger partial charge in [-0.1, -0.05) is 43.2 Å². The fourth-order valence-electron chi connectivity index (χ4n) is 4.56. The van der Waals surface area contributed by atoms with Crippen LogP contribution in [0, 0.1) is 0 Å². The summed E-state index contributed by atoms with van der Waals surface area (Å²) in [6.45, 7) is 18.1. The van der Waals surface area contributed by atoms with Gasteiger partial charge in [0.25, 0.3) is 0 Å². The largest absolute Gasteiger partial charge is 0.444 e. The highest BCUT2D eigenvalue weighted by molar-refractivity contribution is 5.89. The molecule has 0 heterocycles. The summed E-state index contributed by atoms with van der Waals surface area (Å²) in [4.78, 5) is 43.5. The molecule has 3 amide bonds. The molecule has 2 atom stereocenters. The normalized spacial score (nSPS) is 20.5. The fourth-order valence-corrected chi connectivity index (χ4v) is 4.56. The SMILES string of the molecule is CC(C)(C)OC(=O)N(Cc1ccccc1)[C@@H]1CCCC[C@@]1(C)N(C(=O)OC(C)(C)C)C(=O)OC(C)(C)C. The van der Waals surface area contributed by atoms with Gasteiger partial charge < -0.3 is 14.2 Å². The van der Waals surface area contributed by atoms with Gasteiger partial charge in [0.15, 0.2) is 0 Å². The molecule has 1 aromatic rings. The van der Waals surface area contributed by atoms with E-state index in [1.165, 1.54) is 0 Å². The van der Waals surface area contributed by atoms with Gasteiger partial charge in [-0.3, -0.25) is 4.90 Å². The molecular weight excluding hydrogens is 472 g/mol. The van der Waals surface area contributed by atoms with Crippen molar-refractivity contribution in [1.29, 1.82) is 0 Å². The van der Waals surface area contributed by atoms with E-state index in [2.05, 4.69) is 0 Å². The second-order valence-electron chi connectivity index (χ2n) is 13.0. The molecule has 1 saturated carbocycles. The lowest BCUT2D eigenvalue weighted by Gasteiger charge is -2.51. The molecule has 1 fully saturated rings. The molecule has 0 bridgehead atoms. The second-order valence-corrected chi connectivity index (χ2v) is 13.0. The van der Waals surface area contributed by atoms with Gasteiger partial charge in [0.2, 0.25) is 0 Å². The molecule has 37 heavy (non-hydrogen) atoms. The zero-order valence-electron chi connectivity index (χ0n) is 24.3. The maximum Gasteiger partial charge on any atom is 0.420 e. The van der Waals surface area contributed by atoms with Crippen LogP contribution in [0.25, 0.3) is 0 Å². The van der Waals surface area contributed by atoms with Crippen LogP contribution in [0.5, 0.6) is 0 Å². The number of rotatable bonds is 4. The van der Waals surface area contributed by atoms with Crippen LogP contribution in [0.3, 0.4) is 0 Å². The molecular formula is C29H46N2O6. The number of ether oxygens (including phenoxy) is 3. The quantitative estimate of drug-likeness (QED) is 0.389. The molecule has 0 N–H and O–H groups in total. The van der Waals surface area contributed by atoms with Crippen LogP contribution in [-0.4, -0.2) is 56.5 Å². The predicted molar refractivity (Wildman–Crippen MR) is 143 cm³/mol. The third kappa shape index (κ3) is 8.93. The van der Waals surface area contributed by atoms with Gasteiger partial charge in [-0.15, -0.1) is 0 Å². The number of nitrogens with zero attached hydrogens (tertiary/aromatic N) is 2. The molecule has 8 nitrogen and oxygen atoms in total. The lowest BCUT2D eigenvalue weighted by molar-refractivity contribution is -0.0589. The van der Waals surface area contributed by atoms with Crippen molar-refractivity contribution < 1.29 is 28.6 Å². The molecule has 1 aliphatic carbocycles. The Morgan fingerprint density at radius 3 is 1.70 bits per heavy atom. The molecule has 0 radical (unpaired) electrons. The Morgan fingerprint density at radius 1 is 0.784 bits per heavy atom. The summed E-state index contributed by atoms with van der Waals surface area (Å²) < 4.78 is 17.2. The molecule has 208 valence electrons. The third-order valence-electron chi connectivity index (χ3n) is 5.99. The first-order valence-electron chi connectivity index (χ1n) is 13.1. The number of benzene rings is 1. The van der Waals surface area contributed by atoms with E-state index in [0.717, 1.165) is 23.3 Å². The van der Waals surface area contributed by atoms with Gasteiger partial charge in [-0.25, -0.2) is 19.3 Å². The van der Waals surface area contributed by atoms with Crippen LogP contribution >= 0.6 is 0 Å². The molecule has 0 unspecified atom stereocenters. The average Bonchev–Trinajstić information content (AvgIpc) is 2.69. The van der Waals surface area contributed by atoms with Crippen molar-refractivity contribution in [3.63, 3.8) is 0 Å². The minimum absolute atomic E-state index is 0.270. The Morgan fingerprint density at radius 2 is 1.24 bits per heavy atom. The van der Waals surface area contributed by atoms with Gasteiger partial charge in [0.05, 0.1) is 11.6 Å². The molecule has 0 saturated heterocycles. The van der Waals surface area contributed by atoms with Gasteiger partial charge in [0.1, 0.15) is 16.8 Å². The van der Waals surface area contributed by atoms with Gasteiger partial charge >= 0.3 is 18.3 Å². The first kappa shape index (κ1) is 30.5. The highest BCUT2D eigenvalue weighted by atomic mass is 16.6. The zero-order valence-corrected chi connectivity index (χ0v) is 24.3. The molecule has 8 heteroatoms. The second kappa shape index (κ2) is 11.3. The van der Waals surface area contributed by atoms with Crippen molar-refractivity contribution >= 4 is 18.3 Å². The number of carbonyl (C=O) groups is 3. The molecule has 0 aliphatic heterocycles. The van der Waals surface area contributed by atoms with Gasteiger partial charge in [-0.05, 0) is 87.6 Å². The van der Waals surface area contributed by atoms with E-state index in [-0.39, 0.29) is 6.54 Å². The van der Waals surface area contributed by atoms with Crippen LogP contribution in [-0.2, 0) is 20.8 Å². The number of amides is 3. The summed E-state index contributed by atoms with van der Waals surface area (Å²) in [7, 11) is 0.